The number of pyridine rings is 1. The molecule has 0 amide bonds. The van der Waals surface area contributed by atoms with E-state index in [1.54, 1.807) is 6.20 Å². The van der Waals surface area contributed by atoms with Gasteiger partial charge in [-0.25, -0.2) is 0 Å². The fraction of sp³-hybridized carbons (Fsp3) is 0.167. The van der Waals surface area contributed by atoms with Gasteiger partial charge in [-0.05, 0) is 12.5 Å². The van der Waals surface area contributed by atoms with Crippen LogP contribution < -0.4 is 8.96 Å². The van der Waals surface area contributed by atoms with Crippen LogP contribution in [0.2, 0.25) is 17.3 Å². The van der Waals surface area contributed by atoms with Gasteiger partial charge in [0.05, 0.1) is 0 Å². The Morgan fingerprint density at radius 1 is 0.756 bits per heavy atom. The van der Waals surface area contributed by atoms with Crippen molar-refractivity contribution in [1.29, 1.82) is 5.26 Å². The number of rotatable bonds is 4. The first kappa shape index (κ1) is 27.0. The third-order valence-corrected chi connectivity index (χ3v) is 12.2. The maximum atomic E-state index is 15.1. The molecular weight excluding hydrogens is 568 g/mol. The van der Waals surface area contributed by atoms with Crippen LogP contribution in [0.25, 0.3) is 55.4 Å². The molecule has 0 aliphatic carbocycles. The molecule has 5 heteroatoms. The van der Waals surface area contributed by atoms with Crippen molar-refractivity contribution in [2.45, 2.75) is 31.1 Å². The van der Waals surface area contributed by atoms with Crippen LogP contribution in [-0.4, -0.2) is 13.3 Å². The molecule has 0 fully saturated rings. The van der Waals surface area contributed by atoms with Crippen molar-refractivity contribution >= 4 is 39.6 Å². The van der Waals surface area contributed by atoms with Gasteiger partial charge in [0.15, 0.2) is 0 Å². The van der Waals surface area contributed by atoms with E-state index in [1.807, 2.05) is 29.8 Å². The monoisotopic (exact) mass is 601 g/mol. The Bertz CT molecular complexity index is 2010. The summed E-state index contributed by atoms with van der Waals surface area (Å²) < 4.78 is 24.5. The summed E-state index contributed by atoms with van der Waals surface area (Å²) in [6, 6.07) is 29.2. The Morgan fingerprint density at radius 2 is 1.32 bits per heavy atom. The molecule has 0 bridgehead atoms. The molecule has 4 aromatic carbocycles. The summed E-state index contributed by atoms with van der Waals surface area (Å²) in [6.07, 6.45) is 1.59. The van der Waals surface area contributed by atoms with Crippen molar-refractivity contribution in [2.75, 3.05) is 0 Å². The van der Waals surface area contributed by atoms with E-state index >= 15 is 4.39 Å². The first-order valence-electron chi connectivity index (χ1n) is 13.8. The Labute approximate surface area is 242 Å². The molecular formula is C36H32FGeN2O+. The Balaban J connectivity index is 1.59. The number of furan rings is 1. The molecule has 0 aliphatic rings. The standard InChI is InChI=1S/C36H32FGeN2O/c1-22-7-10-24(11-8-22)25-12-14-26(15-13-25)34-27(20-39)16-18-29-28-17-9-23(2)33(35(28)41-36(29)34)32-19-31(38(3,4)5)30(37)21-40(32)6/h7-19,21H,1-6H3/q+1. The maximum Gasteiger partial charge on any atom is -0.0541 e. The molecule has 6 rings (SSSR count). The number of fused-ring (bicyclic) bond motifs is 3. The molecule has 0 saturated carbocycles. The van der Waals surface area contributed by atoms with Gasteiger partial charge in [-0.1, -0.05) is 29.8 Å². The predicted octanol–water partition coefficient (Wildman–Crippen LogP) is 8.58. The minimum atomic E-state index is -2.49. The topological polar surface area (TPSA) is 40.8 Å². The fourth-order valence-corrected chi connectivity index (χ4v) is 8.55. The molecule has 0 atom stereocenters. The normalized spacial score (nSPS) is 11.8. The zero-order valence-corrected chi connectivity index (χ0v) is 26.4. The first-order chi connectivity index (χ1) is 19.6. The smallest absolute Gasteiger partial charge is 0.0541 e. The van der Waals surface area contributed by atoms with E-state index in [-0.39, 0.29) is 5.82 Å². The molecule has 0 aliphatic heterocycles. The number of hydrogen-bond donors (Lipinski definition) is 0. The van der Waals surface area contributed by atoms with Crippen LogP contribution in [-0.2, 0) is 7.05 Å². The Kier molecular flexibility index (Phi) is 6.59. The van der Waals surface area contributed by atoms with Gasteiger partial charge >= 0.3 is 201 Å². The van der Waals surface area contributed by atoms with Gasteiger partial charge in [0.25, 0.3) is 0 Å². The van der Waals surface area contributed by atoms with Crippen molar-refractivity contribution in [1.82, 2.24) is 0 Å². The number of aryl methyl sites for hydroxylation is 3. The Morgan fingerprint density at radius 3 is 1.93 bits per heavy atom. The molecule has 0 unspecified atom stereocenters. The van der Waals surface area contributed by atoms with Crippen molar-refractivity contribution in [3.63, 3.8) is 0 Å². The van der Waals surface area contributed by atoms with E-state index in [0.29, 0.717) is 11.1 Å². The summed E-state index contributed by atoms with van der Waals surface area (Å²) in [5, 5.41) is 12.0. The number of nitrogens with zero attached hydrogens (tertiary/aromatic N) is 2. The van der Waals surface area contributed by atoms with E-state index < -0.39 is 13.3 Å². The molecule has 41 heavy (non-hydrogen) atoms. The molecule has 2 aromatic heterocycles. The van der Waals surface area contributed by atoms with Crippen LogP contribution in [0.5, 0.6) is 0 Å². The molecule has 3 nitrogen and oxygen atoms in total. The molecule has 2 heterocycles. The average molecular weight is 600 g/mol. The summed E-state index contributed by atoms with van der Waals surface area (Å²) >= 11 is -2.49. The summed E-state index contributed by atoms with van der Waals surface area (Å²) in [4.78, 5) is 0. The number of nitriles is 1. The van der Waals surface area contributed by atoms with Gasteiger partial charge in [-0.15, -0.1) is 0 Å². The van der Waals surface area contributed by atoms with Crippen LogP contribution in [0.15, 0.2) is 89.5 Å². The van der Waals surface area contributed by atoms with Gasteiger partial charge in [-0.2, -0.15) is 0 Å². The maximum absolute atomic E-state index is 15.1. The second-order valence-corrected chi connectivity index (χ2v) is 22.5. The molecule has 0 spiro atoms. The summed E-state index contributed by atoms with van der Waals surface area (Å²) in [5.41, 5.74) is 10.1. The number of hydrogen-bond acceptors (Lipinski definition) is 2. The van der Waals surface area contributed by atoms with Crippen molar-refractivity contribution in [3.8, 4) is 39.6 Å². The SMILES string of the molecule is Cc1ccc(-c2ccc(-c3c(C#N)ccc4c3oc3c(-c5c[c]([Ge]([CH3])([CH3])[CH3])c(F)c[n+]5C)c(C)ccc34)cc2)cc1. The average Bonchev–Trinajstić information content (AvgIpc) is 3.31. The van der Waals surface area contributed by atoms with Crippen molar-refractivity contribution < 1.29 is 13.4 Å². The Hall–Kier alpha value is -4.21. The van der Waals surface area contributed by atoms with Crippen molar-refractivity contribution in [3.05, 3.63) is 108 Å². The minimum Gasteiger partial charge on any atom is -0.0587 e. The van der Waals surface area contributed by atoms with Crippen LogP contribution in [0, 0.1) is 31.0 Å². The van der Waals surface area contributed by atoms with Crippen LogP contribution in [0.3, 0.4) is 0 Å². The zero-order chi connectivity index (χ0) is 29.1. The van der Waals surface area contributed by atoms with E-state index in [2.05, 4.69) is 97.8 Å². The van der Waals surface area contributed by atoms with Gasteiger partial charge in [0.1, 0.15) is 0 Å². The van der Waals surface area contributed by atoms with Gasteiger partial charge in [0, 0.05) is 0 Å². The predicted molar refractivity (Wildman–Crippen MR) is 168 cm³/mol. The van der Waals surface area contributed by atoms with Crippen molar-refractivity contribution in [2.24, 2.45) is 7.05 Å². The molecule has 0 radical (unpaired) electrons. The number of benzene rings is 4. The van der Waals surface area contributed by atoms with Gasteiger partial charge in [-0.3, -0.25) is 0 Å². The first-order valence-corrected chi connectivity index (χ1v) is 21.2. The summed E-state index contributed by atoms with van der Waals surface area (Å²) in [7, 11) is 1.88. The van der Waals surface area contributed by atoms with E-state index in [4.69, 9.17) is 4.42 Å². The van der Waals surface area contributed by atoms with E-state index in [1.165, 1.54) is 5.56 Å². The number of aromatic nitrogens is 1. The van der Waals surface area contributed by atoms with Crippen LogP contribution in [0.1, 0.15) is 16.7 Å². The summed E-state index contributed by atoms with van der Waals surface area (Å²) in [6.45, 7) is 4.15. The second-order valence-electron chi connectivity index (χ2n) is 11.9. The minimum absolute atomic E-state index is 0.145. The third kappa shape index (κ3) is 4.65. The largest absolute Gasteiger partial charge is 0.0587 e. The fourth-order valence-electron chi connectivity index (χ4n) is 5.72. The van der Waals surface area contributed by atoms with Gasteiger partial charge < -0.3 is 0 Å². The van der Waals surface area contributed by atoms with E-state index in [9.17, 15) is 5.26 Å². The zero-order valence-electron chi connectivity index (χ0n) is 24.3. The molecule has 6 aromatic rings. The quantitative estimate of drug-likeness (QED) is 0.150. The third-order valence-electron chi connectivity index (χ3n) is 7.99. The van der Waals surface area contributed by atoms with Crippen LogP contribution >= 0.6 is 0 Å². The van der Waals surface area contributed by atoms with E-state index in [0.717, 1.165) is 59.8 Å². The molecule has 0 saturated heterocycles. The summed E-state index contributed by atoms with van der Waals surface area (Å²) in [5.74, 6) is 6.47. The molecule has 202 valence electrons. The molecule has 0 N–H and O–H groups in total. The van der Waals surface area contributed by atoms with Crippen LogP contribution in [0.4, 0.5) is 4.39 Å². The second kappa shape index (κ2) is 10.0. The number of halogens is 1. The van der Waals surface area contributed by atoms with Gasteiger partial charge in [0.2, 0.25) is 0 Å².